The van der Waals surface area contributed by atoms with Crippen molar-refractivity contribution in [2.45, 2.75) is 58.4 Å². The zero-order valence-electron chi connectivity index (χ0n) is 17.1. The fraction of sp³-hybridized carbons (Fsp3) is 0.889. The number of carbonyl (C=O) groups is 1. The van der Waals surface area contributed by atoms with Crippen molar-refractivity contribution < 1.29 is 13.2 Å². The second-order valence-corrected chi connectivity index (χ2v) is 9.40. The lowest BCUT2D eigenvalue weighted by Gasteiger charge is -2.21. The molecule has 8 nitrogen and oxygen atoms in total. The number of rotatable bonds is 9. The summed E-state index contributed by atoms with van der Waals surface area (Å²) in [5, 5.41) is 6.64. The number of likely N-dealkylation sites (tertiary alicyclic amines) is 1. The van der Waals surface area contributed by atoms with Gasteiger partial charge >= 0.3 is 0 Å². The molecule has 2 rings (SSSR count). The average molecular weight is 529 g/mol. The van der Waals surface area contributed by atoms with Crippen LogP contribution in [0.25, 0.3) is 0 Å². The summed E-state index contributed by atoms with van der Waals surface area (Å²) >= 11 is 0. The highest BCUT2D eigenvalue weighted by Gasteiger charge is 2.32. The molecule has 0 bridgehead atoms. The van der Waals surface area contributed by atoms with E-state index in [1.807, 2.05) is 11.8 Å². The number of nitrogens with zero attached hydrogens (tertiary/aromatic N) is 2. The van der Waals surface area contributed by atoms with Gasteiger partial charge in [0.15, 0.2) is 5.96 Å². The van der Waals surface area contributed by atoms with E-state index in [2.05, 4.69) is 20.3 Å². The van der Waals surface area contributed by atoms with Crippen LogP contribution in [0.1, 0.15) is 52.4 Å². The molecule has 1 unspecified atom stereocenters. The largest absolute Gasteiger partial charge is 0.357 e. The van der Waals surface area contributed by atoms with Crippen LogP contribution in [0.15, 0.2) is 4.99 Å². The molecule has 2 aliphatic rings. The number of guanidine groups is 1. The van der Waals surface area contributed by atoms with Crippen LogP contribution in [0.3, 0.4) is 0 Å². The van der Waals surface area contributed by atoms with Crippen LogP contribution in [0, 0.1) is 5.92 Å². The van der Waals surface area contributed by atoms with Crippen molar-refractivity contribution in [2.24, 2.45) is 10.9 Å². The van der Waals surface area contributed by atoms with Gasteiger partial charge in [-0.25, -0.2) is 13.1 Å². The quantitative estimate of drug-likeness (QED) is 0.181. The molecule has 0 aromatic rings. The molecule has 1 saturated carbocycles. The molecule has 0 aromatic carbocycles. The van der Waals surface area contributed by atoms with Gasteiger partial charge < -0.3 is 15.5 Å². The highest BCUT2D eigenvalue weighted by atomic mass is 127. The topological polar surface area (TPSA) is 103 Å². The van der Waals surface area contributed by atoms with Crippen LogP contribution < -0.4 is 15.4 Å². The van der Waals surface area contributed by atoms with E-state index in [1.54, 1.807) is 6.92 Å². The first-order valence-electron chi connectivity index (χ1n) is 10.3. The minimum Gasteiger partial charge on any atom is -0.357 e. The van der Waals surface area contributed by atoms with Crippen LogP contribution in [-0.2, 0) is 14.8 Å². The first-order valence-corrected chi connectivity index (χ1v) is 11.9. The molecular formula is C18H36IN5O3S. The summed E-state index contributed by atoms with van der Waals surface area (Å²) in [5.74, 6) is 1.38. The third-order valence-electron chi connectivity index (χ3n) is 5.20. The summed E-state index contributed by atoms with van der Waals surface area (Å²) in [6, 6.07) is 0.215. The van der Waals surface area contributed by atoms with Gasteiger partial charge in [0.05, 0.1) is 5.75 Å². The lowest BCUT2D eigenvalue weighted by Crippen LogP contribution is -2.45. The minimum absolute atomic E-state index is 0. The highest BCUT2D eigenvalue weighted by molar-refractivity contribution is 14.0. The third kappa shape index (κ3) is 8.40. The molecule has 164 valence electrons. The van der Waals surface area contributed by atoms with Crippen LogP contribution in [-0.4, -0.2) is 69.7 Å². The van der Waals surface area contributed by atoms with E-state index in [1.165, 1.54) is 12.8 Å². The first kappa shape index (κ1) is 25.4. The molecule has 10 heteroatoms. The Morgan fingerprint density at radius 1 is 1.18 bits per heavy atom. The molecule has 2 fully saturated rings. The van der Waals surface area contributed by atoms with Crippen molar-refractivity contribution in [1.82, 2.24) is 20.3 Å². The molecule has 1 atom stereocenters. The second kappa shape index (κ2) is 12.8. The van der Waals surface area contributed by atoms with Crippen LogP contribution in [0.4, 0.5) is 0 Å². The Morgan fingerprint density at radius 2 is 1.89 bits per heavy atom. The predicted molar refractivity (Wildman–Crippen MR) is 124 cm³/mol. The van der Waals surface area contributed by atoms with Crippen molar-refractivity contribution in [1.29, 1.82) is 0 Å². The number of sulfonamides is 1. The van der Waals surface area contributed by atoms with Crippen LogP contribution in [0.2, 0.25) is 0 Å². The lowest BCUT2D eigenvalue weighted by atomic mass is 10.1. The monoisotopic (exact) mass is 529 g/mol. The summed E-state index contributed by atoms with van der Waals surface area (Å²) in [5.41, 5.74) is 0. The molecule has 0 spiro atoms. The number of carbonyl (C=O) groups excluding carboxylic acids is 1. The number of halogens is 1. The summed E-state index contributed by atoms with van der Waals surface area (Å²) in [6.07, 6.45) is 6.01. The Morgan fingerprint density at radius 3 is 2.54 bits per heavy atom. The molecule has 1 amide bonds. The maximum absolute atomic E-state index is 12.6. The first-order chi connectivity index (χ1) is 12.9. The van der Waals surface area contributed by atoms with Gasteiger partial charge in [0, 0.05) is 44.7 Å². The number of hydrogen-bond acceptors (Lipinski definition) is 4. The van der Waals surface area contributed by atoms with E-state index in [4.69, 9.17) is 0 Å². The SMILES string of the molecule is CCNC(=NCCCNS(=O)(=O)CC)NC1CCN(C(=O)C2CCCC2)C1.I. The molecule has 0 aromatic heterocycles. The third-order valence-corrected chi connectivity index (χ3v) is 6.60. The lowest BCUT2D eigenvalue weighted by molar-refractivity contribution is -0.134. The Balaban J connectivity index is 0.00000392. The summed E-state index contributed by atoms with van der Waals surface area (Å²) < 4.78 is 25.4. The molecule has 1 aliphatic carbocycles. The van der Waals surface area contributed by atoms with E-state index in [0.29, 0.717) is 25.4 Å². The molecule has 3 N–H and O–H groups in total. The van der Waals surface area contributed by atoms with E-state index >= 15 is 0 Å². The van der Waals surface area contributed by atoms with Gasteiger partial charge in [-0.2, -0.15) is 0 Å². The maximum atomic E-state index is 12.6. The molecule has 1 aliphatic heterocycles. The molecule has 1 saturated heterocycles. The zero-order valence-corrected chi connectivity index (χ0v) is 20.2. The van der Waals surface area contributed by atoms with Crippen LogP contribution in [0.5, 0.6) is 0 Å². The van der Waals surface area contributed by atoms with Gasteiger partial charge in [0.2, 0.25) is 15.9 Å². The summed E-state index contributed by atoms with van der Waals surface area (Å²) in [6.45, 7) is 6.87. The molecule has 0 radical (unpaired) electrons. The van der Waals surface area contributed by atoms with Crippen molar-refractivity contribution in [3.8, 4) is 0 Å². The highest BCUT2D eigenvalue weighted by Crippen LogP contribution is 2.27. The fourth-order valence-electron chi connectivity index (χ4n) is 3.62. The normalized spacial score (nSPS) is 20.9. The molecule has 1 heterocycles. The smallest absolute Gasteiger partial charge is 0.225 e. The Hall–Kier alpha value is -0.620. The maximum Gasteiger partial charge on any atom is 0.225 e. The van der Waals surface area contributed by atoms with Crippen LogP contribution >= 0.6 is 24.0 Å². The Kier molecular flexibility index (Phi) is 11.7. The number of aliphatic imine (C=N–C) groups is 1. The summed E-state index contributed by atoms with van der Waals surface area (Å²) in [7, 11) is -3.14. The van der Waals surface area contributed by atoms with Crippen molar-refractivity contribution in [3.05, 3.63) is 0 Å². The second-order valence-electron chi connectivity index (χ2n) is 7.31. The Bertz CT molecular complexity index is 608. The van der Waals surface area contributed by atoms with E-state index in [0.717, 1.165) is 44.9 Å². The fourth-order valence-corrected chi connectivity index (χ4v) is 4.28. The van der Waals surface area contributed by atoms with Gasteiger partial charge in [-0.15, -0.1) is 24.0 Å². The van der Waals surface area contributed by atoms with Gasteiger partial charge in [0.25, 0.3) is 0 Å². The van der Waals surface area contributed by atoms with Gasteiger partial charge in [-0.1, -0.05) is 12.8 Å². The molecular weight excluding hydrogens is 493 g/mol. The predicted octanol–water partition coefficient (Wildman–Crippen LogP) is 1.28. The number of hydrogen-bond donors (Lipinski definition) is 3. The average Bonchev–Trinajstić information content (AvgIpc) is 3.33. The van der Waals surface area contributed by atoms with E-state index < -0.39 is 10.0 Å². The standard InChI is InChI=1S/C18H35N5O3S.HI/c1-3-19-18(20-11-7-12-21-27(25,26)4-2)22-16-10-13-23(14-16)17(24)15-8-5-6-9-15;/h15-16,21H,3-14H2,1-2H3,(H2,19,20,22);1H. The van der Waals surface area contributed by atoms with E-state index in [-0.39, 0.29) is 41.7 Å². The summed E-state index contributed by atoms with van der Waals surface area (Å²) in [4.78, 5) is 19.1. The van der Waals surface area contributed by atoms with Crippen molar-refractivity contribution >= 4 is 45.9 Å². The van der Waals surface area contributed by atoms with Crippen molar-refractivity contribution in [3.63, 3.8) is 0 Å². The Labute approximate surface area is 186 Å². The molecule has 28 heavy (non-hydrogen) atoms. The van der Waals surface area contributed by atoms with Crippen molar-refractivity contribution in [2.75, 3.05) is 38.5 Å². The van der Waals surface area contributed by atoms with Gasteiger partial charge in [0.1, 0.15) is 0 Å². The zero-order chi connectivity index (χ0) is 19.7. The van der Waals surface area contributed by atoms with E-state index in [9.17, 15) is 13.2 Å². The number of amides is 1. The van der Waals surface area contributed by atoms with Gasteiger partial charge in [-0.05, 0) is 39.5 Å². The minimum atomic E-state index is -3.14. The number of nitrogens with one attached hydrogen (secondary N) is 3. The van der Waals surface area contributed by atoms with Gasteiger partial charge in [-0.3, -0.25) is 9.79 Å².